The number of rotatable bonds is 7. The third kappa shape index (κ3) is 3.79. The molecule has 0 bridgehead atoms. The van der Waals surface area contributed by atoms with Crippen LogP contribution in [0.4, 0.5) is 5.69 Å². The lowest BCUT2D eigenvalue weighted by molar-refractivity contribution is -0.128. The number of carbonyl (C=O) groups is 3. The normalized spacial score (nSPS) is 36.2. The molecule has 0 aromatic heterocycles. The van der Waals surface area contributed by atoms with Crippen molar-refractivity contribution in [1.82, 2.24) is 0 Å². The lowest BCUT2D eigenvalue weighted by Gasteiger charge is -2.57. The summed E-state index contributed by atoms with van der Waals surface area (Å²) in [4.78, 5) is 35.6. The van der Waals surface area contributed by atoms with Gasteiger partial charge in [0, 0.05) is 18.0 Å². The second-order valence-corrected chi connectivity index (χ2v) is 11.5. The third-order valence-corrected chi connectivity index (χ3v) is 10.0. The highest BCUT2D eigenvalue weighted by atomic mass is 16.1. The van der Waals surface area contributed by atoms with E-state index in [-0.39, 0.29) is 22.5 Å². The minimum atomic E-state index is 0.102. The maximum atomic E-state index is 12.8. The van der Waals surface area contributed by atoms with E-state index < -0.39 is 0 Å². The van der Waals surface area contributed by atoms with Crippen molar-refractivity contribution in [3.05, 3.63) is 53.6 Å². The van der Waals surface area contributed by atoms with Crippen molar-refractivity contribution in [2.75, 3.05) is 5.32 Å². The molecule has 34 heavy (non-hydrogen) atoms. The molecular weight excluding hydrogens is 422 g/mol. The number of anilines is 1. The van der Waals surface area contributed by atoms with Crippen molar-refractivity contribution >= 4 is 23.7 Å². The Morgan fingerprint density at radius 2 is 1.91 bits per heavy atom. The fraction of sp³-hybridized carbons (Fsp3) is 0.567. The Kier molecular flexibility index (Phi) is 6.12. The van der Waals surface area contributed by atoms with Crippen molar-refractivity contribution in [2.45, 2.75) is 71.6 Å². The Balaban J connectivity index is 1.37. The van der Waals surface area contributed by atoms with E-state index in [1.807, 2.05) is 25.1 Å². The topological polar surface area (TPSA) is 63.2 Å². The van der Waals surface area contributed by atoms with Gasteiger partial charge in [-0.1, -0.05) is 31.2 Å². The number of ketones is 2. The predicted molar refractivity (Wildman–Crippen MR) is 134 cm³/mol. The van der Waals surface area contributed by atoms with Crippen molar-refractivity contribution in [2.24, 2.45) is 34.5 Å². The van der Waals surface area contributed by atoms with Crippen LogP contribution in [0.5, 0.6) is 0 Å². The fourth-order valence-electron chi connectivity index (χ4n) is 8.36. The monoisotopic (exact) mass is 459 g/mol. The molecule has 5 rings (SSSR count). The molecule has 0 aliphatic heterocycles. The molecule has 1 amide bonds. The molecule has 2 fully saturated rings. The minimum Gasteiger partial charge on any atom is -0.329 e. The van der Waals surface area contributed by atoms with Crippen LogP contribution in [0.2, 0.25) is 0 Å². The summed E-state index contributed by atoms with van der Waals surface area (Å²) in [7, 11) is 0. The zero-order valence-electron chi connectivity index (χ0n) is 20.5. The maximum Gasteiger partial charge on any atom is 0.211 e. The molecule has 1 aromatic carbocycles. The highest BCUT2D eigenvalue weighted by molar-refractivity contribution is 5.92. The molecule has 2 saturated carbocycles. The second kappa shape index (κ2) is 8.94. The summed E-state index contributed by atoms with van der Waals surface area (Å²) in [6.45, 7) is 4.20. The van der Waals surface area contributed by atoms with Crippen molar-refractivity contribution in [3.63, 3.8) is 0 Å². The first-order valence-corrected chi connectivity index (χ1v) is 13.1. The number of carbonyl (C=O) groups excluding carboxylic acids is 3. The standard InChI is InChI=1S/C30H37NO3/c1-20(33)26-11-12-28-25-10-7-22-18-24(34)13-16-29(22,2)27(25)14-17-30(26,28)15-3-4-21-5-8-23(9-6-21)31-19-32/h5-10,18-19,25-28H,3-4,11-17H2,1-2H3,(H,31,32)/t25-,26-,27+,28+,29+,30-/m1/s1. The van der Waals surface area contributed by atoms with Crippen LogP contribution in [0.15, 0.2) is 48.1 Å². The zero-order chi connectivity index (χ0) is 23.9. The van der Waals surface area contributed by atoms with Crippen molar-refractivity contribution in [3.8, 4) is 0 Å². The summed E-state index contributed by atoms with van der Waals surface area (Å²) in [5, 5.41) is 2.69. The number of amides is 1. The number of Topliss-reactive ketones (excluding diaryl/α,β-unsaturated/α-hetero) is 1. The molecule has 0 unspecified atom stereocenters. The highest BCUT2D eigenvalue weighted by Crippen LogP contribution is 2.66. The van der Waals surface area contributed by atoms with E-state index in [1.165, 1.54) is 11.1 Å². The van der Waals surface area contributed by atoms with Gasteiger partial charge in [-0.25, -0.2) is 0 Å². The van der Waals surface area contributed by atoms with Gasteiger partial charge in [0.25, 0.3) is 0 Å². The maximum absolute atomic E-state index is 12.8. The molecule has 1 aromatic rings. The zero-order valence-corrected chi connectivity index (χ0v) is 20.5. The van der Waals surface area contributed by atoms with E-state index in [0.717, 1.165) is 57.1 Å². The summed E-state index contributed by atoms with van der Waals surface area (Å²) in [6.07, 6.45) is 16.6. The van der Waals surface area contributed by atoms with E-state index in [2.05, 4.69) is 36.5 Å². The number of benzene rings is 1. The molecule has 0 heterocycles. The first kappa shape index (κ1) is 23.3. The Labute approximate surface area is 203 Å². The summed E-state index contributed by atoms with van der Waals surface area (Å²) in [5.41, 5.74) is 3.55. The largest absolute Gasteiger partial charge is 0.329 e. The van der Waals surface area contributed by atoms with Crippen LogP contribution in [0.25, 0.3) is 0 Å². The average molecular weight is 460 g/mol. The number of hydrogen-bond donors (Lipinski definition) is 1. The number of nitrogens with one attached hydrogen (secondary N) is 1. The van der Waals surface area contributed by atoms with Crippen LogP contribution in [0, 0.1) is 34.5 Å². The Bertz CT molecular complexity index is 1040. The minimum absolute atomic E-state index is 0.102. The van der Waals surface area contributed by atoms with Gasteiger partial charge in [-0.3, -0.25) is 14.4 Å². The highest BCUT2D eigenvalue weighted by Gasteiger charge is 2.60. The van der Waals surface area contributed by atoms with E-state index in [4.69, 9.17) is 0 Å². The fourth-order valence-corrected chi connectivity index (χ4v) is 8.36. The molecule has 4 aliphatic rings. The Hall–Kier alpha value is -2.49. The molecule has 0 radical (unpaired) electrons. The van der Waals surface area contributed by atoms with Gasteiger partial charge in [0.05, 0.1) is 0 Å². The van der Waals surface area contributed by atoms with Crippen molar-refractivity contribution < 1.29 is 14.4 Å². The number of allylic oxidation sites excluding steroid dienone is 4. The van der Waals surface area contributed by atoms with Gasteiger partial charge >= 0.3 is 0 Å². The van der Waals surface area contributed by atoms with Gasteiger partial charge in [-0.05, 0) is 116 Å². The van der Waals surface area contributed by atoms with Gasteiger partial charge in [0.2, 0.25) is 6.41 Å². The number of fused-ring (bicyclic) bond motifs is 5. The molecular formula is C30H37NO3. The molecule has 1 N–H and O–H groups in total. The van der Waals surface area contributed by atoms with Crippen molar-refractivity contribution in [1.29, 1.82) is 0 Å². The van der Waals surface area contributed by atoms with E-state index in [1.54, 1.807) is 0 Å². The van der Waals surface area contributed by atoms with Gasteiger partial charge in [0.15, 0.2) is 5.78 Å². The van der Waals surface area contributed by atoms with E-state index in [0.29, 0.717) is 36.4 Å². The summed E-state index contributed by atoms with van der Waals surface area (Å²) in [6, 6.07) is 8.10. The smallest absolute Gasteiger partial charge is 0.211 e. The quantitative estimate of drug-likeness (QED) is 0.503. The predicted octanol–water partition coefficient (Wildman–Crippen LogP) is 6.07. The van der Waals surface area contributed by atoms with Gasteiger partial charge in [-0.15, -0.1) is 0 Å². The van der Waals surface area contributed by atoms with Crippen LogP contribution in [-0.2, 0) is 20.8 Å². The SMILES string of the molecule is CC(=O)[C@H]1CC[C@H]2[C@@H]3C=CC4=CC(=O)CC[C@]4(C)[C@H]3CC[C@]12CCCc1ccc(NC=O)cc1. The van der Waals surface area contributed by atoms with Crippen LogP contribution < -0.4 is 5.32 Å². The lowest BCUT2D eigenvalue weighted by atomic mass is 9.47. The Morgan fingerprint density at radius 3 is 2.65 bits per heavy atom. The molecule has 4 aliphatic carbocycles. The molecule has 0 spiro atoms. The molecule has 0 saturated heterocycles. The lowest BCUT2D eigenvalue weighted by Crippen LogP contribution is -2.50. The molecule has 180 valence electrons. The number of hydrogen-bond acceptors (Lipinski definition) is 3. The first-order chi connectivity index (χ1) is 16.4. The second-order valence-electron chi connectivity index (χ2n) is 11.5. The Morgan fingerprint density at radius 1 is 1.12 bits per heavy atom. The summed E-state index contributed by atoms with van der Waals surface area (Å²) in [5.74, 6) is 2.49. The van der Waals surface area contributed by atoms with Gasteiger partial charge in [-0.2, -0.15) is 0 Å². The van der Waals surface area contributed by atoms with Gasteiger partial charge < -0.3 is 5.32 Å². The van der Waals surface area contributed by atoms with Crippen LogP contribution in [0.1, 0.15) is 70.8 Å². The summed E-state index contributed by atoms with van der Waals surface area (Å²) >= 11 is 0. The van der Waals surface area contributed by atoms with Crippen LogP contribution >= 0.6 is 0 Å². The number of aryl methyl sites for hydroxylation is 1. The van der Waals surface area contributed by atoms with Gasteiger partial charge in [0.1, 0.15) is 5.78 Å². The van der Waals surface area contributed by atoms with Crippen LogP contribution in [0.3, 0.4) is 0 Å². The molecule has 4 nitrogen and oxygen atoms in total. The summed E-state index contributed by atoms with van der Waals surface area (Å²) < 4.78 is 0. The molecule has 6 atom stereocenters. The first-order valence-electron chi connectivity index (χ1n) is 13.1. The molecule has 4 heteroatoms. The average Bonchev–Trinajstić information content (AvgIpc) is 3.21. The van der Waals surface area contributed by atoms with E-state index >= 15 is 0 Å². The van der Waals surface area contributed by atoms with E-state index in [9.17, 15) is 14.4 Å². The third-order valence-electron chi connectivity index (χ3n) is 10.0. The van der Waals surface area contributed by atoms with Crippen LogP contribution in [-0.4, -0.2) is 18.0 Å².